The van der Waals surface area contributed by atoms with Crippen molar-refractivity contribution in [2.24, 2.45) is 11.8 Å². The normalized spacial score (nSPS) is 12.3. The number of hydrogen-bond donors (Lipinski definition) is 2. The Morgan fingerprint density at radius 2 is 1.64 bits per heavy atom. The number of sulfonamides is 1. The van der Waals surface area contributed by atoms with Gasteiger partial charge in [-0.1, -0.05) is 34.6 Å². The molecule has 1 aromatic rings. The van der Waals surface area contributed by atoms with Gasteiger partial charge in [0, 0.05) is 2.85 Å². The lowest BCUT2D eigenvalue weighted by molar-refractivity contribution is -0.124. The highest BCUT2D eigenvalue weighted by Gasteiger charge is 2.28. The number of carbonyl (C=O) groups excluding carboxylic acids is 2. The SMILES string of the molecule is CC(C)C.CC(C)[C@H](NS(=O)(=O)c1ccc(F)cc1)C(=O)NCC=O.[HH].[HH]. The van der Waals surface area contributed by atoms with E-state index in [1.165, 1.54) is 0 Å². The minimum Gasteiger partial charge on any atom is -0.348 e. The number of benzene rings is 1. The van der Waals surface area contributed by atoms with Gasteiger partial charge in [-0.2, -0.15) is 4.72 Å². The first kappa shape index (κ1) is 23.2. The lowest BCUT2D eigenvalue weighted by Crippen LogP contribution is -2.49. The van der Waals surface area contributed by atoms with Crippen LogP contribution in [0.15, 0.2) is 29.2 Å². The average molecular weight is 379 g/mol. The van der Waals surface area contributed by atoms with E-state index >= 15 is 0 Å². The minimum atomic E-state index is -3.96. The molecule has 0 aliphatic carbocycles. The van der Waals surface area contributed by atoms with E-state index in [0.29, 0.717) is 6.29 Å². The van der Waals surface area contributed by atoms with E-state index in [2.05, 4.69) is 30.8 Å². The molecule has 0 unspecified atom stereocenters. The van der Waals surface area contributed by atoms with Crippen LogP contribution < -0.4 is 10.0 Å². The molecule has 0 radical (unpaired) electrons. The highest BCUT2D eigenvalue weighted by molar-refractivity contribution is 7.89. The van der Waals surface area contributed by atoms with Gasteiger partial charge in [-0.25, -0.2) is 12.8 Å². The van der Waals surface area contributed by atoms with E-state index in [0.717, 1.165) is 30.2 Å². The minimum absolute atomic E-state index is 0. The van der Waals surface area contributed by atoms with Gasteiger partial charge in [0.2, 0.25) is 15.9 Å². The van der Waals surface area contributed by atoms with Crippen molar-refractivity contribution >= 4 is 22.2 Å². The summed E-state index contributed by atoms with van der Waals surface area (Å²) in [6.07, 6.45) is 0.504. The first-order chi connectivity index (χ1) is 11.5. The maximum atomic E-state index is 12.8. The van der Waals surface area contributed by atoms with Crippen LogP contribution in [-0.4, -0.2) is 33.2 Å². The van der Waals surface area contributed by atoms with Gasteiger partial charge in [-0.15, -0.1) is 0 Å². The molecule has 0 aromatic heterocycles. The summed E-state index contributed by atoms with van der Waals surface area (Å²) in [4.78, 5) is 22.0. The molecular weight excluding hydrogens is 347 g/mol. The molecule has 1 rings (SSSR count). The second-order valence-corrected chi connectivity index (χ2v) is 8.15. The average Bonchev–Trinajstić information content (AvgIpc) is 2.50. The molecule has 0 spiro atoms. The molecule has 1 atom stereocenters. The molecule has 0 aliphatic rings. The maximum Gasteiger partial charge on any atom is 0.241 e. The van der Waals surface area contributed by atoms with Crippen LogP contribution in [0.1, 0.15) is 37.5 Å². The summed E-state index contributed by atoms with van der Waals surface area (Å²) in [5, 5.41) is 2.30. The molecule has 0 aliphatic heterocycles. The Morgan fingerprint density at radius 1 is 1.16 bits per heavy atom. The van der Waals surface area contributed by atoms with E-state index in [9.17, 15) is 22.4 Å². The van der Waals surface area contributed by atoms with Crippen molar-refractivity contribution < 1.29 is 25.3 Å². The van der Waals surface area contributed by atoms with Gasteiger partial charge in [0.15, 0.2) is 0 Å². The van der Waals surface area contributed by atoms with Crippen molar-refractivity contribution in [2.75, 3.05) is 6.54 Å². The lowest BCUT2D eigenvalue weighted by Gasteiger charge is -2.21. The molecule has 8 heteroatoms. The fourth-order valence-corrected chi connectivity index (χ4v) is 2.94. The Kier molecular flexibility index (Phi) is 10.2. The van der Waals surface area contributed by atoms with Crippen LogP contribution in [0.5, 0.6) is 0 Å². The van der Waals surface area contributed by atoms with Crippen molar-refractivity contribution in [2.45, 2.75) is 45.6 Å². The van der Waals surface area contributed by atoms with Crippen LogP contribution in [0.4, 0.5) is 4.39 Å². The van der Waals surface area contributed by atoms with Gasteiger partial charge in [0.25, 0.3) is 0 Å². The smallest absolute Gasteiger partial charge is 0.241 e. The molecule has 0 saturated carbocycles. The van der Waals surface area contributed by atoms with Gasteiger partial charge in [0.05, 0.1) is 11.4 Å². The van der Waals surface area contributed by atoms with Gasteiger partial charge >= 0.3 is 0 Å². The van der Waals surface area contributed by atoms with Crippen LogP contribution in [0, 0.1) is 17.7 Å². The standard InChI is InChI=1S/C13H17FN2O4S.C4H10.2H2/c1-9(2)12(13(18)15-7-8-17)16-21(19,20)11-5-3-10(14)4-6-11;1-4(2)3;;/h3-6,8-9,12,16H,7H2,1-2H3,(H,15,18);4H,1-3H3;2*1H/t12-;;;/m0.../s1. The number of aldehydes is 1. The summed E-state index contributed by atoms with van der Waals surface area (Å²) >= 11 is 0. The topological polar surface area (TPSA) is 92.3 Å². The van der Waals surface area contributed by atoms with Crippen molar-refractivity contribution in [3.05, 3.63) is 30.1 Å². The number of amides is 1. The highest BCUT2D eigenvalue weighted by atomic mass is 32.2. The zero-order valence-corrected chi connectivity index (χ0v) is 16.1. The molecule has 0 bridgehead atoms. The summed E-state index contributed by atoms with van der Waals surface area (Å²) in [5.74, 6) is -0.646. The van der Waals surface area contributed by atoms with Crippen LogP contribution in [-0.2, 0) is 19.6 Å². The van der Waals surface area contributed by atoms with Gasteiger partial charge in [-0.3, -0.25) is 4.79 Å². The molecule has 146 valence electrons. The summed E-state index contributed by atoms with van der Waals surface area (Å²) in [6, 6.07) is 3.23. The predicted molar refractivity (Wildman–Crippen MR) is 99.2 cm³/mol. The van der Waals surface area contributed by atoms with Crippen molar-refractivity contribution in [1.29, 1.82) is 0 Å². The maximum absolute atomic E-state index is 12.8. The van der Waals surface area contributed by atoms with E-state index in [1.807, 2.05) is 0 Å². The predicted octanol–water partition coefficient (Wildman–Crippen LogP) is 2.60. The summed E-state index contributed by atoms with van der Waals surface area (Å²) in [6.45, 7) is 9.64. The van der Waals surface area contributed by atoms with Crippen LogP contribution in [0.2, 0.25) is 0 Å². The van der Waals surface area contributed by atoms with E-state index < -0.39 is 27.8 Å². The van der Waals surface area contributed by atoms with E-state index in [4.69, 9.17) is 0 Å². The Morgan fingerprint density at radius 3 is 2.04 bits per heavy atom. The first-order valence-electron chi connectivity index (χ1n) is 8.00. The Labute approximate surface area is 152 Å². The van der Waals surface area contributed by atoms with Gasteiger partial charge in [-0.05, 0) is 36.1 Å². The number of carbonyl (C=O) groups is 2. The second kappa shape index (κ2) is 10.9. The van der Waals surface area contributed by atoms with Crippen molar-refractivity contribution in [3.8, 4) is 0 Å². The van der Waals surface area contributed by atoms with E-state index in [1.54, 1.807) is 13.8 Å². The molecule has 1 aromatic carbocycles. The zero-order valence-electron chi connectivity index (χ0n) is 15.2. The van der Waals surface area contributed by atoms with Crippen molar-refractivity contribution in [1.82, 2.24) is 10.0 Å². The fourth-order valence-electron chi connectivity index (χ4n) is 1.59. The third-order valence-electron chi connectivity index (χ3n) is 2.71. The Balaban J connectivity index is -0.000000871. The molecule has 0 saturated heterocycles. The quantitative estimate of drug-likeness (QED) is 0.713. The van der Waals surface area contributed by atoms with Crippen LogP contribution in [0.25, 0.3) is 0 Å². The summed E-state index contributed by atoms with van der Waals surface area (Å²) < 4.78 is 39.4. The summed E-state index contributed by atoms with van der Waals surface area (Å²) in [7, 11) is -3.96. The summed E-state index contributed by atoms with van der Waals surface area (Å²) in [5.41, 5.74) is 0. The fraction of sp³-hybridized carbons (Fsp3) is 0.529. The monoisotopic (exact) mass is 378 g/mol. The van der Waals surface area contributed by atoms with Crippen LogP contribution in [0.3, 0.4) is 0 Å². The molecule has 25 heavy (non-hydrogen) atoms. The zero-order chi connectivity index (χ0) is 19.6. The molecule has 0 fully saturated rings. The Hall–Kier alpha value is -1.80. The Bertz CT molecular complexity index is 651. The molecule has 2 N–H and O–H groups in total. The largest absolute Gasteiger partial charge is 0.348 e. The second-order valence-electron chi connectivity index (χ2n) is 6.44. The third kappa shape index (κ3) is 9.31. The van der Waals surface area contributed by atoms with Crippen molar-refractivity contribution in [3.63, 3.8) is 0 Å². The first-order valence-corrected chi connectivity index (χ1v) is 9.48. The molecule has 0 heterocycles. The molecule has 6 nitrogen and oxygen atoms in total. The number of halogens is 1. The van der Waals surface area contributed by atoms with Crippen LogP contribution >= 0.6 is 0 Å². The number of hydrogen-bond acceptors (Lipinski definition) is 4. The lowest BCUT2D eigenvalue weighted by atomic mass is 10.1. The number of nitrogens with one attached hydrogen (secondary N) is 2. The molecular formula is C17H31FN2O4S. The van der Waals surface area contributed by atoms with Gasteiger partial charge in [0.1, 0.15) is 18.1 Å². The highest BCUT2D eigenvalue weighted by Crippen LogP contribution is 2.12. The van der Waals surface area contributed by atoms with E-state index in [-0.39, 0.29) is 20.2 Å². The third-order valence-corrected chi connectivity index (χ3v) is 4.17. The van der Waals surface area contributed by atoms with Gasteiger partial charge < -0.3 is 10.1 Å². The number of rotatable bonds is 7. The molecule has 1 amide bonds.